The van der Waals surface area contributed by atoms with Crippen LogP contribution >= 0.6 is 0 Å². The van der Waals surface area contributed by atoms with Crippen molar-refractivity contribution >= 4 is 11.0 Å². The quantitative estimate of drug-likeness (QED) is 0.162. The number of aromatic hydroxyl groups is 1. The molecule has 7 aromatic carbocycles. The van der Waals surface area contributed by atoms with Gasteiger partial charge >= 0.3 is 0 Å². The Labute approximate surface area is 393 Å². The van der Waals surface area contributed by atoms with Gasteiger partial charge in [0.2, 0.25) is 0 Å². The Balaban J connectivity index is 0.00000560. The molecular formula is C59H54N3OPt-. The van der Waals surface area contributed by atoms with E-state index in [1.807, 2.05) is 31.3 Å². The third kappa shape index (κ3) is 8.65. The number of hydrogen-bond donors (Lipinski definition) is 1. The van der Waals surface area contributed by atoms with Crippen LogP contribution < -0.4 is 0 Å². The van der Waals surface area contributed by atoms with Gasteiger partial charge in [-0.15, -0.1) is 23.8 Å². The van der Waals surface area contributed by atoms with Crippen molar-refractivity contribution in [1.82, 2.24) is 14.5 Å². The minimum Gasteiger partial charge on any atom is -0.507 e. The summed E-state index contributed by atoms with van der Waals surface area (Å²) in [5.74, 6) is 0.894. The third-order valence-electron chi connectivity index (χ3n) is 12.2. The van der Waals surface area contributed by atoms with Gasteiger partial charge in [-0.05, 0) is 106 Å². The first kappa shape index (κ1) is 44.3. The van der Waals surface area contributed by atoms with Gasteiger partial charge in [0.25, 0.3) is 0 Å². The van der Waals surface area contributed by atoms with Gasteiger partial charge in [-0.2, -0.15) is 0 Å². The molecule has 0 radical (unpaired) electrons. The molecule has 0 bridgehead atoms. The van der Waals surface area contributed by atoms with Crippen LogP contribution in [0.25, 0.3) is 83.9 Å². The van der Waals surface area contributed by atoms with Gasteiger partial charge in [0.15, 0.2) is 0 Å². The summed E-state index contributed by atoms with van der Waals surface area (Å²) in [4.78, 5) is 10.5. The molecule has 0 saturated heterocycles. The SMILES string of the molecule is Cc1ccc(-c2ccnc(-c3[c-]c(-c4cccc5c4nc(-c4cc(C)cc(C)c4O)n5-c4ccc(C(C)(C)C)cc4-c4ccc(C(C)(C)C)cc4)cc(-c4ccccc4)c3)c2)cc1.[Pt]. The molecule has 322 valence electrons. The molecule has 0 atom stereocenters. The molecule has 9 aromatic rings. The molecule has 2 aromatic heterocycles. The third-order valence-corrected chi connectivity index (χ3v) is 12.2. The maximum absolute atomic E-state index is 11.9. The first-order chi connectivity index (χ1) is 30.1. The minimum atomic E-state index is -0.0800. The van der Waals surface area contributed by atoms with Gasteiger partial charge in [-0.1, -0.05) is 173 Å². The van der Waals surface area contributed by atoms with Gasteiger partial charge in [-0.25, -0.2) is 4.98 Å². The Morgan fingerprint density at radius 3 is 1.88 bits per heavy atom. The maximum atomic E-state index is 11.9. The summed E-state index contributed by atoms with van der Waals surface area (Å²) in [5, 5.41) is 11.9. The van der Waals surface area contributed by atoms with E-state index in [-0.39, 0.29) is 37.6 Å². The number of hydrogen-bond acceptors (Lipinski definition) is 3. The number of rotatable bonds is 7. The number of phenolic OH excluding ortho intramolecular Hbond substituents is 1. The average molecular weight is 1020 g/mol. The monoisotopic (exact) mass is 1020 g/mol. The van der Waals surface area contributed by atoms with Crippen molar-refractivity contribution in [3.63, 3.8) is 0 Å². The molecule has 0 unspecified atom stereocenters. The number of aromatic nitrogens is 3. The smallest absolute Gasteiger partial charge is 0.148 e. The number of pyridine rings is 1. The first-order valence-corrected chi connectivity index (χ1v) is 21.9. The normalized spacial score (nSPS) is 11.8. The molecule has 0 aliphatic heterocycles. The van der Waals surface area contributed by atoms with Crippen LogP contribution in [0.1, 0.15) is 69.4 Å². The van der Waals surface area contributed by atoms with E-state index < -0.39 is 0 Å². The van der Waals surface area contributed by atoms with Gasteiger partial charge in [-0.3, -0.25) is 9.55 Å². The summed E-state index contributed by atoms with van der Waals surface area (Å²) < 4.78 is 2.25. The van der Waals surface area contributed by atoms with Crippen LogP contribution in [0.3, 0.4) is 0 Å². The van der Waals surface area contributed by atoms with Crippen LogP contribution in [0, 0.1) is 26.8 Å². The van der Waals surface area contributed by atoms with Crippen LogP contribution in [0.4, 0.5) is 0 Å². The molecule has 0 amide bonds. The molecule has 5 heteroatoms. The molecule has 9 rings (SSSR count). The number of nitrogens with zero attached hydrogens (tertiary/aromatic N) is 3. The number of benzene rings is 7. The second kappa shape index (κ2) is 17.3. The predicted molar refractivity (Wildman–Crippen MR) is 264 cm³/mol. The van der Waals surface area contributed by atoms with Crippen molar-refractivity contribution in [3.8, 4) is 78.6 Å². The van der Waals surface area contributed by atoms with Gasteiger partial charge in [0.05, 0.1) is 22.3 Å². The Kier molecular flexibility index (Phi) is 12.0. The van der Waals surface area contributed by atoms with E-state index in [9.17, 15) is 5.11 Å². The largest absolute Gasteiger partial charge is 0.507 e. The fourth-order valence-electron chi connectivity index (χ4n) is 8.60. The molecule has 4 nitrogen and oxygen atoms in total. The zero-order valence-corrected chi connectivity index (χ0v) is 40.4. The first-order valence-electron chi connectivity index (χ1n) is 21.9. The van der Waals surface area contributed by atoms with Crippen LogP contribution in [-0.2, 0) is 31.9 Å². The molecule has 0 aliphatic rings. The van der Waals surface area contributed by atoms with Crippen molar-refractivity contribution in [2.24, 2.45) is 0 Å². The number of imidazole rings is 1. The number of aryl methyl sites for hydroxylation is 3. The van der Waals surface area contributed by atoms with Gasteiger partial charge in [0, 0.05) is 38.5 Å². The molecule has 0 aliphatic carbocycles. The van der Waals surface area contributed by atoms with E-state index in [1.165, 1.54) is 16.7 Å². The predicted octanol–water partition coefficient (Wildman–Crippen LogP) is 15.4. The van der Waals surface area contributed by atoms with Crippen LogP contribution in [0.2, 0.25) is 0 Å². The Morgan fingerprint density at radius 2 is 1.17 bits per heavy atom. The van der Waals surface area contributed by atoms with Crippen LogP contribution in [0.15, 0.2) is 158 Å². The fraction of sp³-hybridized carbons (Fsp3) is 0.186. The summed E-state index contributed by atoms with van der Waals surface area (Å²) in [7, 11) is 0. The topological polar surface area (TPSA) is 50.9 Å². The summed E-state index contributed by atoms with van der Waals surface area (Å²) >= 11 is 0. The van der Waals surface area contributed by atoms with Crippen molar-refractivity contribution in [2.75, 3.05) is 0 Å². The molecular weight excluding hydrogens is 962 g/mol. The molecule has 2 heterocycles. The average Bonchev–Trinajstić information content (AvgIpc) is 3.67. The van der Waals surface area contributed by atoms with Crippen molar-refractivity contribution in [3.05, 3.63) is 192 Å². The van der Waals surface area contributed by atoms with E-state index in [1.54, 1.807) is 0 Å². The molecule has 0 spiro atoms. The number of phenols is 1. The van der Waals surface area contributed by atoms with E-state index in [0.717, 1.165) is 83.6 Å². The summed E-state index contributed by atoms with van der Waals surface area (Å²) in [6, 6.07) is 57.8. The summed E-state index contributed by atoms with van der Waals surface area (Å²) in [5.41, 5.74) is 19.1. The maximum Gasteiger partial charge on any atom is 0.148 e. The van der Waals surface area contributed by atoms with E-state index in [0.29, 0.717) is 11.4 Å². The Bertz CT molecular complexity index is 3150. The second-order valence-corrected chi connectivity index (χ2v) is 19.1. The number of fused-ring (bicyclic) bond motifs is 1. The zero-order valence-electron chi connectivity index (χ0n) is 38.1. The van der Waals surface area contributed by atoms with Crippen molar-refractivity contribution in [2.45, 2.75) is 73.1 Å². The zero-order chi connectivity index (χ0) is 44.2. The van der Waals surface area contributed by atoms with E-state index in [4.69, 9.17) is 9.97 Å². The molecule has 64 heavy (non-hydrogen) atoms. The molecule has 0 fully saturated rings. The van der Waals surface area contributed by atoms with Gasteiger partial charge < -0.3 is 5.11 Å². The second-order valence-electron chi connectivity index (χ2n) is 19.1. The standard InChI is InChI=1S/C59H54N3O.Pt/c1-37-18-20-41(21-19-37)43-28-29-60-52(35-43)46-33-44(40-14-11-10-12-15-40)32-45(34-46)49-16-13-17-54-55(49)61-57(51-31-38(2)30-39(3)56(51)63)62(54)53-27-26-48(59(7,8)9)36-50(53)42-22-24-47(25-23-42)58(4,5)6;/h10-33,35-36,63H,1-9H3;/q-1;. The fourth-order valence-corrected chi connectivity index (χ4v) is 8.60. The van der Waals surface area contributed by atoms with Crippen molar-refractivity contribution < 1.29 is 26.2 Å². The van der Waals surface area contributed by atoms with E-state index >= 15 is 0 Å². The Morgan fingerprint density at radius 1 is 0.516 bits per heavy atom. The molecule has 1 N–H and O–H groups in total. The van der Waals surface area contributed by atoms with E-state index in [2.05, 4.69) is 199 Å². The van der Waals surface area contributed by atoms with Crippen molar-refractivity contribution in [1.29, 1.82) is 0 Å². The minimum absolute atomic E-state index is 0. The Hall–Kier alpha value is -6.35. The summed E-state index contributed by atoms with van der Waals surface area (Å²) in [6.45, 7) is 19.7. The number of para-hydroxylation sites is 1. The summed E-state index contributed by atoms with van der Waals surface area (Å²) in [6.07, 6.45) is 1.89. The van der Waals surface area contributed by atoms with Crippen LogP contribution in [-0.4, -0.2) is 19.6 Å². The van der Waals surface area contributed by atoms with Gasteiger partial charge in [0.1, 0.15) is 11.6 Å². The van der Waals surface area contributed by atoms with Crippen LogP contribution in [0.5, 0.6) is 5.75 Å². The molecule has 0 saturated carbocycles.